The van der Waals surface area contributed by atoms with Crippen LogP contribution in [0.5, 0.6) is 5.88 Å². The van der Waals surface area contributed by atoms with E-state index in [2.05, 4.69) is 30.1 Å². The molecule has 5 heteroatoms. The second kappa shape index (κ2) is 4.48. The van der Waals surface area contributed by atoms with Crippen LogP contribution in [-0.4, -0.2) is 15.3 Å². The largest absolute Gasteiger partial charge is 0.494 e. The molecule has 1 aromatic carbocycles. The molecule has 94 valence electrons. The Balaban J connectivity index is 1.88. The Morgan fingerprint density at radius 3 is 3.06 bits per heavy atom. The topological polar surface area (TPSA) is 53.1 Å². The summed E-state index contributed by atoms with van der Waals surface area (Å²) in [6.45, 7) is 2.23. The van der Waals surface area contributed by atoms with E-state index in [0.717, 1.165) is 23.3 Å². The Hall–Kier alpha value is -1.20. The first-order chi connectivity index (χ1) is 8.61. The van der Waals surface area contributed by atoms with E-state index in [1.165, 1.54) is 10.5 Å². The van der Waals surface area contributed by atoms with Crippen molar-refractivity contribution in [1.29, 1.82) is 0 Å². The van der Waals surface area contributed by atoms with Gasteiger partial charge in [-0.2, -0.15) is 0 Å². The van der Waals surface area contributed by atoms with E-state index >= 15 is 0 Å². The number of aromatic nitrogens is 1. The van der Waals surface area contributed by atoms with Crippen LogP contribution in [0.25, 0.3) is 0 Å². The van der Waals surface area contributed by atoms with Gasteiger partial charge in [0.2, 0.25) is 5.88 Å². The number of thioether (sulfide) groups is 1. The fourth-order valence-electron chi connectivity index (χ4n) is 2.24. The molecule has 18 heavy (non-hydrogen) atoms. The van der Waals surface area contributed by atoms with Crippen molar-refractivity contribution >= 4 is 23.1 Å². The number of benzene rings is 1. The molecule has 3 rings (SSSR count). The van der Waals surface area contributed by atoms with E-state index in [4.69, 9.17) is 0 Å². The van der Waals surface area contributed by atoms with E-state index in [0.29, 0.717) is 16.5 Å². The molecular formula is C13H13NO2S2. The lowest BCUT2D eigenvalue weighted by atomic mass is 10.0. The van der Waals surface area contributed by atoms with Crippen LogP contribution in [0, 0.1) is 0 Å². The van der Waals surface area contributed by atoms with Crippen LogP contribution in [0.2, 0.25) is 0 Å². The van der Waals surface area contributed by atoms with Crippen LogP contribution in [0.15, 0.2) is 27.9 Å². The molecule has 1 aliphatic rings. The third-order valence-electron chi connectivity index (χ3n) is 3.03. The normalized spacial score (nSPS) is 17.9. The Morgan fingerprint density at radius 2 is 2.33 bits per heavy atom. The van der Waals surface area contributed by atoms with Crippen LogP contribution >= 0.6 is 23.1 Å². The number of hydrogen-bond donors (Lipinski definition) is 2. The minimum absolute atomic E-state index is 0.00763. The molecule has 3 nitrogen and oxygen atoms in total. The molecule has 0 saturated carbocycles. The molecule has 2 heterocycles. The first kappa shape index (κ1) is 11.9. The van der Waals surface area contributed by atoms with Gasteiger partial charge in [-0.15, -0.1) is 11.8 Å². The Labute approximate surface area is 113 Å². The molecule has 0 saturated heterocycles. The lowest BCUT2D eigenvalue weighted by molar-refractivity contribution is 0.451. The molecule has 1 atom stereocenters. The summed E-state index contributed by atoms with van der Waals surface area (Å²) in [4.78, 5) is 15.4. The van der Waals surface area contributed by atoms with E-state index in [9.17, 15) is 9.90 Å². The van der Waals surface area contributed by atoms with Gasteiger partial charge in [0.1, 0.15) is 0 Å². The van der Waals surface area contributed by atoms with Gasteiger partial charge in [-0.25, -0.2) is 0 Å². The van der Waals surface area contributed by atoms with Crippen LogP contribution in [0.3, 0.4) is 0 Å². The van der Waals surface area contributed by atoms with E-state index < -0.39 is 0 Å². The van der Waals surface area contributed by atoms with Crippen molar-refractivity contribution in [3.8, 4) is 5.88 Å². The minimum Gasteiger partial charge on any atom is -0.494 e. The number of aromatic amines is 1. The van der Waals surface area contributed by atoms with Gasteiger partial charge in [-0.3, -0.25) is 9.78 Å². The van der Waals surface area contributed by atoms with Gasteiger partial charge in [-0.05, 0) is 23.6 Å². The summed E-state index contributed by atoms with van der Waals surface area (Å²) in [6, 6.07) is 6.41. The molecule has 0 amide bonds. The lowest BCUT2D eigenvalue weighted by Crippen LogP contribution is -1.92. The van der Waals surface area contributed by atoms with Crippen molar-refractivity contribution in [1.82, 2.24) is 4.98 Å². The molecule has 0 aliphatic carbocycles. The van der Waals surface area contributed by atoms with Gasteiger partial charge in [0, 0.05) is 16.6 Å². The van der Waals surface area contributed by atoms with E-state index in [-0.39, 0.29) is 10.8 Å². The maximum Gasteiger partial charge on any atom is 0.307 e. The molecule has 1 aromatic heterocycles. The maximum atomic E-state index is 11.1. The standard InChI is InChI=1S/C13H13NO2S2/c1-7-4-9-5-8(2-3-10(9)17-7)6-11-12(15)14-13(16)18-11/h2-3,5,7,15H,4,6H2,1H3,(H,14,16). The van der Waals surface area contributed by atoms with Crippen molar-refractivity contribution in [3.63, 3.8) is 0 Å². The first-order valence-electron chi connectivity index (χ1n) is 5.81. The molecule has 0 spiro atoms. The molecule has 2 N–H and O–H groups in total. The average molecular weight is 279 g/mol. The highest BCUT2D eigenvalue weighted by molar-refractivity contribution is 8.00. The third-order valence-corrected chi connectivity index (χ3v) is 5.12. The van der Waals surface area contributed by atoms with Crippen molar-refractivity contribution < 1.29 is 5.11 Å². The lowest BCUT2D eigenvalue weighted by Gasteiger charge is -2.03. The quantitative estimate of drug-likeness (QED) is 0.888. The Kier molecular flexibility index (Phi) is 2.95. The first-order valence-corrected chi connectivity index (χ1v) is 7.51. The molecule has 0 bridgehead atoms. The molecule has 1 aliphatic heterocycles. The number of H-pyrrole nitrogens is 1. The zero-order valence-electron chi connectivity index (χ0n) is 9.90. The summed E-state index contributed by atoms with van der Waals surface area (Å²) in [5.41, 5.74) is 2.53. The molecule has 2 aromatic rings. The fraction of sp³-hybridized carbons (Fsp3) is 0.308. The van der Waals surface area contributed by atoms with Crippen LogP contribution in [0.1, 0.15) is 22.9 Å². The number of fused-ring (bicyclic) bond motifs is 1. The van der Waals surface area contributed by atoms with Gasteiger partial charge >= 0.3 is 4.87 Å². The van der Waals surface area contributed by atoms with Gasteiger partial charge in [0.25, 0.3) is 0 Å². The van der Waals surface area contributed by atoms with E-state index in [1.807, 2.05) is 11.8 Å². The molecule has 1 unspecified atom stereocenters. The van der Waals surface area contributed by atoms with Gasteiger partial charge < -0.3 is 5.11 Å². The summed E-state index contributed by atoms with van der Waals surface area (Å²) < 4.78 is 0. The predicted molar refractivity (Wildman–Crippen MR) is 74.9 cm³/mol. The minimum atomic E-state index is -0.201. The monoisotopic (exact) mass is 279 g/mol. The van der Waals surface area contributed by atoms with Crippen LogP contribution in [0.4, 0.5) is 0 Å². The Morgan fingerprint density at radius 1 is 1.50 bits per heavy atom. The SMILES string of the molecule is CC1Cc2cc(Cc3sc(=O)[nH]c3O)ccc2S1. The molecule has 0 fully saturated rings. The van der Waals surface area contributed by atoms with Crippen LogP contribution < -0.4 is 4.87 Å². The molecule has 0 radical (unpaired) electrons. The van der Waals surface area contributed by atoms with Gasteiger partial charge in [0.15, 0.2) is 0 Å². The fourth-order valence-corrected chi connectivity index (χ4v) is 4.14. The van der Waals surface area contributed by atoms with Crippen LogP contribution in [-0.2, 0) is 12.8 Å². The van der Waals surface area contributed by atoms with Crippen molar-refractivity contribution in [3.05, 3.63) is 43.9 Å². The predicted octanol–water partition coefficient (Wildman–Crippen LogP) is 2.77. The highest BCUT2D eigenvalue weighted by Crippen LogP contribution is 2.37. The number of thiazole rings is 1. The summed E-state index contributed by atoms with van der Waals surface area (Å²) >= 11 is 2.99. The molecular weight excluding hydrogens is 266 g/mol. The number of nitrogens with one attached hydrogen (secondary N) is 1. The van der Waals surface area contributed by atoms with Crippen molar-refractivity contribution in [2.45, 2.75) is 29.9 Å². The maximum absolute atomic E-state index is 11.1. The van der Waals surface area contributed by atoms with Crippen molar-refractivity contribution in [2.75, 3.05) is 0 Å². The second-order valence-electron chi connectivity index (χ2n) is 4.54. The summed E-state index contributed by atoms with van der Waals surface area (Å²) in [6.07, 6.45) is 1.71. The van der Waals surface area contributed by atoms with Gasteiger partial charge in [0.05, 0.1) is 4.88 Å². The smallest absolute Gasteiger partial charge is 0.307 e. The number of aromatic hydroxyl groups is 1. The highest BCUT2D eigenvalue weighted by atomic mass is 32.2. The summed E-state index contributed by atoms with van der Waals surface area (Å²) in [7, 11) is 0. The Bertz CT molecular complexity index is 645. The summed E-state index contributed by atoms with van der Waals surface area (Å²) in [5.74, 6) is 0.00763. The number of hydrogen-bond acceptors (Lipinski definition) is 4. The van der Waals surface area contributed by atoms with E-state index in [1.54, 1.807) is 0 Å². The zero-order chi connectivity index (χ0) is 12.7. The second-order valence-corrected chi connectivity index (χ2v) is 7.09. The number of rotatable bonds is 2. The third kappa shape index (κ3) is 2.20. The van der Waals surface area contributed by atoms with Crippen molar-refractivity contribution in [2.24, 2.45) is 0 Å². The summed E-state index contributed by atoms with van der Waals surface area (Å²) in [5, 5.41) is 10.2. The average Bonchev–Trinajstić information content (AvgIpc) is 2.80. The van der Waals surface area contributed by atoms with Gasteiger partial charge in [-0.1, -0.05) is 30.4 Å². The highest BCUT2D eigenvalue weighted by Gasteiger charge is 2.18. The zero-order valence-corrected chi connectivity index (χ0v) is 11.5.